The average Bonchev–Trinajstić information content (AvgIpc) is 2.55. The number of aliphatic imine (C=N–C) groups is 1. The Balaban J connectivity index is 1.65. The summed E-state index contributed by atoms with van der Waals surface area (Å²) in [7, 11) is 0. The quantitative estimate of drug-likeness (QED) is 0.600. The second-order valence-corrected chi connectivity index (χ2v) is 5.24. The van der Waals surface area contributed by atoms with Crippen LogP contribution in [0, 0.1) is 0 Å². The Labute approximate surface area is 129 Å². The first-order valence-corrected chi connectivity index (χ1v) is 7.28. The summed E-state index contributed by atoms with van der Waals surface area (Å²) in [6.07, 6.45) is 0.854. The summed E-state index contributed by atoms with van der Waals surface area (Å²) < 4.78 is 5.63. The largest absolute Gasteiger partial charge is 0.508 e. The first kappa shape index (κ1) is 14.3. The molecule has 5 heteroatoms. The monoisotopic (exact) mass is 297 g/mol. The molecule has 0 fully saturated rings. The molecule has 4 N–H and O–H groups in total. The van der Waals surface area contributed by atoms with Gasteiger partial charge in [0.1, 0.15) is 11.5 Å². The number of benzene rings is 2. The van der Waals surface area contributed by atoms with Gasteiger partial charge < -0.3 is 20.9 Å². The van der Waals surface area contributed by atoms with E-state index in [0.29, 0.717) is 19.1 Å². The third-order valence-electron chi connectivity index (χ3n) is 3.65. The Morgan fingerprint density at radius 1 is 1.23 bits per heavy atom. The Kier molecular flexibility index (Phi) is 4.14. The third kappa shape index (κ3) is 3.31. The van der Waals surface area contributed by atoms with E-state index >= 15 is 0 Å². The molecule has 1 unspecified atom stereocenters. The minimum Gasteiger partial charge on any atom is -0.508 e. The maximum absolute atomic E-state index is 9.26. The molecular weight excluding hydrogens is 278 g/mol. The van der Waals surface area contributed by atoms with Crippen LogP contribution in [0.5, 0.6) is 11.5 Å². The summed E-state index contributed by atoms with van der Waals surface area (Å²) in [5.41, 5.74) is 8.09. The summed E-state index contributed by atoms with van der Waals surface area (Å²) in [6, 6.07) is 15.0. The molecule has 5 nitrogen and oxygen atoms in total. The number of nitrogens with one attached hydrogen (secondary N) is 1. The number of fused-ring (bicyclic) bond motifs is 1. The lowest BCUT2D eigenvalue weighted by atomic mass is 10.0. The first-order chi connectivity index (χ1) is 10.7. The molecule has 114 valence electrons. The number of ether oxygens (including phenoxy) is 1. The number of nitrogens with two attached hydrogens (primary N) is 1. The summed E-state index contributed by atoms with van der Waals surface area (Å²) in [4.78, 5) is 4.35. The van der Waals surface area contributed by atoms with Crippen molar-refractivity contribution >= 4 is 5.96 Å². The molecule has 0 amide bonds. The highest BCUT2D eigenvalue weighted by Crippen LogP contribution is 2.31. The minimum atomic E-state index is 0.119. The summed E-state index contributed by atoms with van der Waals surface area (Å²) >= 11 is 0. The average molecular weight is 297 g/mol. The molecular formula is C17H19N3O2. The predicted molar refractivity (Wildman–Crippen MR) is 85.9 cm³/mol. The first-order valence-electron chi connectivity index (χ1n) is 7.28. The zero-order valence-electron chi connectivity index (χ0n) is 12.2. The fourth-order valence-corrected chi connectivity index (χ4v) is 2.49. The van der Waals surface area contributed by atoms with E-state index in [9.17, 15) is 5.11 Å². The molecule has 1 aliphatic rings. The summed E-state index contributed by atoms with van der Waals surface area (Å²) in [5, 5.41) is 12.5. The zero-order valence-corrected chi connectivity index (χ0v) is 12.2. The highest BCUT2D eigenvalue weighted by Gasteiger charge is 2.21. The molecule has 3 rings (SSSR count). The summed E-state index contributed by atoms with van der Waals surface area (Å²) in [6.45, 7) is 1.14. The lowest BCUT2D eigenvalue weighted by molar-refractivity contribution is 0.262. The molecule has 0 bridgehead atoms. The van der Waals surface area contributed by atoms with Crippen LogP contribution in [-0.2, 0) is 6.54 Å². The van der Waals surface area contributed by atoms with Crippen LogP contribution >= 0.6 is 0 Å². The van der Waals surface area contributed by atoms with Crippen molar-refractivity contribution < 1.29 is 9.84 Å². The van der Waals surface area contributed by atoms with E-state index in [-0.39, 0.29) is 11.8 Å². The van der Waals surface area contributed by atoms with Crippen molar-refractivity contribution in [3.63, 3.8) is 0 Å². The highest BCUT2D eigenvalue weighted by molar-refractivity contribution is 5.78. The van der Waals surface area contributed by atoms with Gasteiger partial charge in [0.15, 0.2) is 5.96 Å². The van der Waals surface area contributed by atoms with Crippen LogP contribution in [0.25, 0.3) is 0 Å². The van der Waals surface area contributed by atoms with E-state index in [1.807, 2.05) is 36.4 Å². The van der Waals surface area contributed by atoms with Gasteiger partial charge in [-0.05, 0) is 23.8 Å². The van der Waals surface area contributed by atoms with Gasteiger partial charge in [0.25, 0.3) is 0 Å². The van der Waals surface area contributed by atoms with Gasteiger partial charge in [-0.2, -0.15) is 0 Å². The van der Waals surface area contributed by atoms with Gasteiger partial charge in [-0.25, -0.2) is 4.99 Å². The fraction of sp³-hybridized carbons (Fsp3) is 0.235. The number of hydrogen-bond donors (Lipinski definition) is 3. The van der Waals surface area contributed by atoms with Crippen LogP contribution in [0.3, 0.4) is 0 Å². The molecule has 1 aliphatic heterocycles. The van der Waals surface area contributed by atoms with E-state index in [2.05, 4.69) is 10.3 Å². The van der Waals surface area contributed by atoms with Crippen molar-refractivity contribution in [3.05, 3.63) is 59.7 Å². The molecule has 2 aromatic rings. The van der Waals surface area contributed by atoms with Gasteiger partial charge in [0.2, 0.25) is 0 Å². The topological polar surface area (TPSA) is 79.9 Å². The van der Waals surface area contributed by atoms with E-state index in [0.717, 1.165) is 23.3 Å². The molecule has 0 radical (unpaired) electrons. The van der Waals surface area contributed by atoms with Gasteiger partial charge in [-0.15, -0.1) is 0 Å². The standard InChI is InChI=1S/C17H19N3O2/c18-17(19-11-12-5-7-13(21)8-6-12)20-15-9-10-22-16-4-2-1-3-14(15)16/h1-8,15,21H,9-11H2,(H3,18,19,20). The number of para-hydroxylation sites is 1. The summed E-state index contributed by atoms with van der Waals surface area (Å²) in [5.74, 6) is 1.56. The van der Waals surface area contributed by atoms with Crippen molar-refractivity contribution in [3.8, 4) is 11.5 Å². The molecule has 0 aromatic heterocycles. The lowest BCUT2D eigenvalue weighted by Crippen LogP contribution is -2.37. The Morgan fingerprint density at radius 2 is 2.00 bits per heavy atom. The maximum Gasteiger partial charge on any atom is 0.189 e. The molecule has 1 atom stereocenters. The van der Waals surface area contributed by atoms with Crippen molar-refractivity contribution in [1.29, 1.82) is 0 Å². The van der Waals surface area contributed by atoms with Gasteiger partial charge in [-0.1, -0.05) is 30.3 Å². The number of hydrogen-bond acceptors (Lipinski definition) is 3. The number of nitrogens with zero attached hydrogens (tertiary/aromatic N) is 1. The smallest absolute Gasteiger partial charge is 0.189 e. The van der Waals surface area contributed by atoms with Crippen LogP contribution in [0.2, 0.25) is 0 Å². The molecule has 2 aromatic carbocycles. The number of rotatable bonds is 3. The number of aromatic hydroxyl groups is 1. The second-order valence-electron chi connectivity index (χ2n) is 5.24. The van der Waals surface area contributed by atoms with Crippen LogP contribution in [-0.4, -0.2) is 17.7 Å². The SMILES string of the molecule is NC(=NCc1ccc(O)cc1)NC1CCOc2ccccc21. The molecule has 22 heavy (non-hydrogen) atoms. The number of phenols is 1. The predicted octanol–water partition coefficient (Wildman–Crippen LogP) is 2.32. The lowest BCUT2D eigenvalue weighted by Gasteiger charge is -2.26. The van der Waals surface area contributed by atoms with Crippen LogP contribution in [0.1, 0.15) is 23.6 Å². The highest BCUT2D eigenvalue weighted by atomic mass is 16.5. The van der Waals surface area contributed by atoms with Crippen molar-refractivity contribution in [2.75, 3.05) is 6.61 Å². The van der Waals surface area contributed by atoms with E-state index in [1.54, 1.807) is 12.1 Å². The van der Waals surface area contributed by atoms with Gasteiger partial charge in [0.05, 0.1) is 19.2 Å². The molecule has 1 heterocycles. The fourth-order valence-electron chi connectivity index (χ4n) is 2.49. The van der Waals surface area contributed by atoms with Gasteiger partial charge >= 0.3 is 0 Å². The number of guanidine groups is 1. The van der Waals surface area contributed by atoms with Crippen LogP contribution in [0.15, 0.2) is 53.5 Å². The van der Waals surface area contributed by atoms with Crippen molar-refractivity contribution in [1.82, 2.24) is 5.32 Å². The van der Waals surface area contributed by atoms with Crippen molar-refractivity contribution in [2.45, 2.75) is 19.0 Å². The zero-order chi connectivity index (χ0) is 15.4. The van der Waals surface area contributed by atoms with Crippen molar-refractivity contribution in [2.24, 2.45) is 10.7 Å². The third-order valence-corrected chi connectivity index (χ3v) is 3.65. The van der Waals surface area contributed by atoms with Crippen LogP contribution < -0.4 is 15.8 Å². The minimum absolute atomic E-state index is 0.119. The molecule has 0 spiro atoms. The van der Waals surface area contributed by atoms with E-state index < -0.39 is 0 Å². The molecule has 0 saturated heterocycles. The van der Waals surface area contributed by atoms with Gasteiger partial charge in [-0.3, -0.25) is 0 Å². The maximum atomic E-state index is 9.26. The second kappa shape index (κ2) is 6.39. The van der Waals surface area contributed by atoms with E-state index in [4.69, 9.17) is 10.5 Å². The Morgan fingerprint density at radius 3 is 2.82 bits per heavy atom. The Hall–Kier alpha value is -2.69. The van der Waals surface area contributed by atoms with Crippen LogP contribution in [0.4, 0.5) is 0 Å². The molecule has 0 saturated carbocycles. The Bertz CT molecular complexity index is 668. The number of phenolic OH excluding ortho intramolecular Hbond substituents is 1. The normalized spacial score (nSPS) is 17.5. The van der Waals surface area contributed by atoms with E-state index in [1.165, 1.54) is 0 Å². The van der Waals surface area contributed by atoms with Gasteiger partial charge in [0, 0.05) is 12.0 Å². The molecule has 0 aliphatic carbocycles.